The first-order valence-electron chi connectivity index (χ1n) is 6.06. The van der Waals surface area contributed by atoms with E-state index in [1.54, 1.807) is 6.07 Å². The van der Waals surface area contributed by atoms with Crippen molar-refractivity contribution in [3.05, 3.63) is 29.3 Å². The van der Waals surface area contributed by atoms with Gasteiger partial charge in [0.05, 0.1) is 17.2 Å². The standard InChI is InChI=1S/C13H14F3N3/c14-13(15,16)12-5-11(2-1-10(12)6-17)19-8-9-3-4-18-7-9/h1-2,5,9,18-19H,3-4,7-8H2. The second kappa shape index (κ2) is 5.49. The molecule has 6 heteroatoms. The van der Waals surface area contributed by atoms with Gasteiger partial charge in [-0.25, -0.2) is 0 Å². The Labute approximate surface area is 109 Å². The van der Waals surface area contributed by atoms with Crippen molar-refractivity contribution in [2.75, 3.05) is 25.0 Å². The highest BCUT2D eigenvalue weighted by Crippen LogP contribution is 2.33. The van der Waals surface area contributed by atoms with E-state index < -0.39 is 11.7 Å². The summed E-state index contributed by atoms with van der Waals surface area (Å²) in [7, 11) is 0. The maximum atomic E-state index is 12.8. The lowest BCUT2D eigenvalue weighted by molar-refractivity contribution is -0.137. The average Bonchev–Trinajstić information content (AvgIpc) is 2.88. The molecule has 0 radical (unpaired) electrons. The van der Waals surface area contributed by atoms with Crippen LogP contribution in [0.4, 0.5) is 18.9 Å². The van der Waals surface area contributed by atoms with Crippen LogP contribution >= 0.6 is 0 Å². The van der Waals surface area contributed by atoms with Crippen molar-refractivity contribution in [3.8, 4) is 6.07 Å². The molecule has 0 saturated carbocycles. The van der Waals surface area contributed by atoms with Crippen LogP contribution in [0.25, 0.3) is 0 Å². The molecule has 1 aliphatic rings. The maximum Gasteiger partial charge on any atom is 0.417 e. The van der Waals surface area contributed by atoms with Crippen LogP contribution in [0.2, 0.25) is 0 Å². The summed E-state index contributed by atoms with van der Waals surface area (Å²) >= 11 is 0. The maximum absolute atomic E-state index is 12.8. The molecule has 1 unspecified atom stereocenters. The zero-order chi connectivity index (χ0) is 13.9. The Morgan fingerprint density at radius 1 is 1.42 bits per heavy atom. The topological polar surface area (TPSA) is 47.9 Å². The molecule has 3 nitrogen and oxygen atoms in total. The first-order chi connectivity index (χ1) is 9.00. The minimum atomic E-state index is -4.50. The predicted molar refractivity (Wildman–Crippen MR) is 65.6 cm³/mol. The molecule has 1 aromatic rings. The summed E-state index contributed by atoms with van der Waals surface area (Å²) in [5.41, 5.74) is -0.830. The third-order valence-corrected chi connectivity index (χ3v) is 3.20. The number of rotatable bonds is 3. The molecule has 2 rings (SSSR count). The highest BCUT2D eigenvalue weighted by atomic mass is 19.4. The largest absolute Gasteiger partial charge is 0.417 e. The van der Waals surface area contributed by atoms with E-state index in [1.807, 2.05) is 0 Å². The molecule has 1 fully saturated rings. The van der Waals surface area contributed by atoms with E-state index >= 15 is 0 Å². The van der Waals surface area contributed by atoms with Crippen molar-refractivity contribution in [2.24, 2.45) is 5.92 Å². The van der Waals surface area contributed by atoms with E-state index in [0.29, 0.717) is 18.2 Å². The number of hydrogen-bond acceptors (Lipinski definition) is 3. The van der Waals surface area contributed by atoms with Crippen LogP contribution < -0.4 is 10.6 Å². The minimum Gasteiger partial charge on any atom is -0.385 e. The van der Waals surface area contributed by atoms with Crippen molar-refractivity contribution < 1.29 is 13.2 Å². The first kappa shape index (κ1) is 13.7. The zero-order valence-electron chi connectivity index (χ0n) is 10.2. The van der Waals surface area contributed by atoms with E-state index in [1.165, 1.54) is 12.1 Å². The van der Waals surface area contributed by atoms with Gasteiger partial charge < -0.3 is 10.6 Å². The molecule has 0 bridgehead atoms. The third kappa shape index (κ3) is 3.38. The van der Waals surface area contributed by atoms with Gasteiger partial charge >= 0.3 is 6.18 Å². The number of nitrogens with one attached hydrogen (secondary N) is 2. The average molecular weight is 269 g/mol. The molecule has 1 atom stereocenters. The molecule has 102 valence electrons. The number of nitriles is 1. The van der Waals surface area contributed by atoms with Crippen LogP contribution in [-0.2, 0) is 6.18 Å². The summed E-state index contributed by atoms with van der Waals surface area (Å²) in [6, 6.07) is 5.29. The molecular weight excluding hydrogens is 255 g/mol. The van der Waals surface area contributed by atoms with Gasteiger partial charge in [-0.1, -0.05) is 0 Å². The van der Waals surface area contributed by atoms with E-state index in [2.05, 4.69) is 10.6 Å². The van der Waals surface area contributed by atoms with Gasteiger partial charge in [-0.2, -0.15) is 18.4 Å². The lowest BCUT2D eigenvalue weighted by Crippen LogP contribution is -2.17. The fourth-order valence-electron chi connectivity index (χ4n) is 2.14. The molecule has 19 heavy (non-hydrogen) atoms. The fourth-order valence-corrected chi connectivity index (χ4v) is 2.14. The monoisotopic (exact) mass is 269 g/mol. The van der Waals surface area contributed by atoms with E-state index in [4.69, 9.17) is 5.26 Å². The van der Waals surface area contributed by atoms with Crippen LogP contribution in [-0.4, -0.2) is 19.6 Å². The molecule has 1 saturated heterocycles. The quantitative estimate of drug-likeness (QED) is 0.886. The number of hydrogen-bond donors (Lipinski definition) is 2. The Balaban J connectivity index is 2.11. The molecule has 0 spiro atoms. The molecule has 1 heterocycles. The smallest absolute Gasteiger partial charge is 0.385 e. The summed E-state index contributed by atoms with van der Waals surface area (Å²) in [6.07, 6.45) is -3.48. The second-order valence-electron chi connectivity index (χ2n) is 4.61. The summed E-state index contributed by atoms with van der Waals surface area (Å²) in [5.74, 6) is 0.435. The van der Waals surface area contributed by atoms with Gasteiger partial charge in [0.15, 0.2) is 0 Å². The van der Waals surface area contributed by atoms with Crippen LogP contribution in [0.1, 0.15) is 17.5 Å². The van der Waals surface area contributed by atoms with Crippen molar-refractivity contribution in [1.82, 2.24) is 5.32 Å². The Bertz CT molecular complexity index is 485. The highest BCUT2D eigenvalue weighted by Gasteiger charge is 2.33. The van der Waals surface area contributed by atoms with Gasteiger partial charge in [0, 0.05) is 12.2 Å². The summed E-state index contributed by atoms with van der Waals surface area (Å²) in [4.78, 5) is 0. The highest BCUT2D eigenvalue weighted by molar-refractivity contribution is 5.53. The Kier molecular flexibility index (Phi) is 3.96. The van der Waals surface area contributed by atoms with Crippen molar-refractivity contribution in [2.45, 2.75) is 12.6 Å². The first-order valence-corrected chi connectivity index (χ1v) is 6.06. The minimum absolute atomic E-state index is 0.347. The van der Waals surface area contributed by atoms with E-state index in [9.17, 15) is 13.2 Å². The van der Waals surface area contributed by atoms with Gasteiger partial charge in [-0.05, 0) is 43.6 Å². The Morgan fingerprint density at radius 2 is 2.21 bits per heavy atom. The number of benzene rings is 1. The van der Waals surface area contributed by atoms with Crippen molar-refractivity contribution in [1.29, 1.82) is 5.26 Å². The lowest BCUT2D eigenvalue weighted by Gasteiger charge is -2.14. The van der Waals surface area contributed by atoms with E-state index in [0.717, 1.165) is 25.6 Å². The second-order valence-corrected chi connectivity index (χ2v) is 4.61. The number of alkyl halides is 3. The molecule has 0 aliphatic carbocycles. The van der Waals surface area contributed by atoms with Crippen LogP contribution in [0.15, 0.2) is 18.2 Å². The SMILES string of the molecule is N#Cc1ccc(NCC2CCNC2)cc1C(F)(F)F. The van der Waals surface area contributed by atoms with Crippen molar-refractivity contribution in [3.63, 3.8) is 0 Å². The van der Waals surface area contributed by atoms with Crippen molar-refractivity contribution >= 4 is 5.69 Å². The normalized spacial score (nSPS) is 19.2. The summed E-state index contributed by atoms with van der Waals surface area (Å²) in [5, 5.41) is 14.9. The molecule has 2 N–H and O–H groups in total. The van der Waals surface area contributed by atoms with Gasteiger partial charge in [-0.3, -0.25) is 0 Å². The van der Waals surface area contributed by atoms with Crippen LogP contribution in [0.3, 0.4) is 0 Å². The molecule has 1 aliphatic heterocycles. The van der Waals surface area contributed by atoms with Gasteiger partial charge in [0.2, 0.25) is 0 Å². The Hall–Kier alpha value is -1.74. The van der Waals surface area contributed by atoms with Crippen LogP contribution in [0, 0.1) is 17.2 Å². The van der Waals surface area contributed by atoms with Gasteiger partial charge in [0.25, 0.3) is 0 Å². The molecule has 0 aromatic heterocycles. The predicted octanol–water partition coefficient (Wildman–Crippen LogP) is 2.60. The summed E-state index contributed by atoms with van der Waals surface area (Å²) < 4.78 is 38.3. The molecule has 1 aromatic carbocycles. The Morgan fingerprint density at radius 3 is 2.79 bits per heavy atom. The van der Waals surface area contributed by atoms with Gasteiger partial charge in [0.1, 0.15) is 0 Å². The zero-order valence-corrected chi connectivity index (χ0v) is 10.2. The lowest BCUT2D eigenvalue weighted by atomic mass is 10.1. The molecular formula is C13H14F3N3. The summed E-state index contributed by atoms with van der Waals surface area (Å²) in [6.45, 7) is 2.47. The van der Waals surface area contributed by atoms with E-state index in [-0.39, 0.29) is 5.56 Å². The number of halogens is 3. The molecule has 0 amide bonds. The van der Waals surface area contributed by atoms with Crippen LogP contribution in [0.5, 0.6) is 0 Å². The number of nitrogens with zero attached hydrogens (tertiary/aromatic N) is 1. The fraction of sp³-hybridized carbons (Fsp3) is 0.462. The number of anilines is 1. The third-order valence-electron chi connectivity index (χ3n) is 3.20. The van der Waals surface area contributed by atoms with Gasteiger partial charge in [-0.15, -0.1) is 0 Å².